The van der Waals surface area contributed by atoms with Crippen LogP contribution in [0.2, 0.25) is 0 Å². The largest absolute Gasteiger partial charge is 0.522 e. The highest BCUT2D eigenvalue weighted by Crippen LogP contribution is 2.24. The fourth-order valence-corrected chi connectivity index (χ4v) is 1.54. The molecule has 0 N–H and O–H groups in total. The maximum Gasteiger partial charge on any atom is 0.522 e. The van der Waals surface area contributed by atoms with E-state index in [0.717, 1.165) is 0 Å². The maximum absolute atomic E-state index is 11.7. The predicted octanol–water partition coefficient (Wildman–Crippen LogP) is 3.09. The molecule has 0 aliphatic carbocycles. The van der Waals surface area contributed by atoms with Gasteiger partial charge in [0.25, 0.3) is 0 Å². The summed E-state index contributed by atoms with van der Waals surface area (Å²) in [6, 6.07) is 5.23. The molecule has 0 radical (unpaired) electrons. The van der Waals surface area contributed by atoms with Gasteiger partial charge in [-0.3, -0.25) is 4.74 Å². The SMILES string of the molecule is Cc1cc(C#N)cc(C)c1OCCOC(F)(F)F. The van der Waals surface area contributed by atoms with Gasteiger partial charge in [-0.2, -0.15) is 5.26 Å². The smallest absolute Gasteiger partial charge is 0.491 e. The molecule has 0 aliphatic rings. The van der Waals surface area contributed by atoms with E-state index in [2.05, 4.69) is 4.74 Å². The summed E-state index contributed by atoms with van der Waals surface area (Å²) in [4.78, 5) is 0. The van der Waals surface area contributed by atoms with Crippen LogP contribution in [-0.2, 0) is 4.74 Å². The third-order valence-corrected chi connectivity index (χ3v) is 2.18. The summed E-state index contributed by atoms with van der Waals surface area (Å²) in [5, 5.41) is 8.75. The number of benzene rings is 1. The van der Waals surface area contributed by atoms with E-state index in [0.29, 0.717) is 22.4 Å². The fourth-order valence-electron chi connectivity index (χ4n) is 1.54. The van der Waals surface area contributed by atoms with Gasteiger partial charge in [0, 0.05) is 0 Å². The third-order valence-electron chi connectivity index (χ3n) is 2.18. The van der Waals surface area contributed by atoms with Crippen molar-refractivity contribution in [2.75, 3.05) is 13.2 Å². The molecule has 0 saturated heterocycles. The Hall–Kier alpha value is -1.74. The molecule has 0 fully saturated rings. The van der Waals surface area contributed by atoms with Crippen molar-refractivity contribution in [1.82, 2.24) is 0 Å². The molecule has 98 valence electrons. The standard InChI is InChI=1S/C12H12F3NO2/c1-8-5-10(7-16)6-9(2)11(8)17-3-4-18-12(13,14)15/h5-6H,3-4H2,1-2H3. The Labute approximate surface area is 103 Å². The number of nitriles is 1. The van der Waals surface area contributed by atoms with E-state index in [1.165, 1.54) is 0 Å². The average molecular weight is 259 g/mol. The highest BCUT2D eigenvalue weighted by Gasteiger charge is 2.28. The normalized spacial score (nSPS) is 11.1. The first-order valence-corrected chi connectivity index (χ1v) is 5.18. The van der Waals surface area contributed by atoms with E-state index < -0.39 is 13.0 Å². The topological polar surface area (TPSA) is 42.2 Å². The lowest BCUT2D eigenvalue weighted by Gasteiger charge is -2.13. The summed E-state index contributed by atoms with van der Waals surface area (Å²) in [5.74, 6) is 0.486. The number of hydrogen-bond acceptors (Lipinski definition) is 3. The van der Waals surface area contributed by atoms with Crippen molar-refractivity contribution >= 4 is 0 Å². The molecule has 0 spiro atoms. The minimum atomic E-state index is -4.64. The van der Waals surface area contributed by atoms with Crippen molar-refractivity contribution in [1.29, 1.82) is 5.26 Å². The Morgan fingerprint density at radius 3 is 2.17 bits per heavy atom. The van der Waals surface area contributed by atoms with Crippen molar-refractivity contribution in [2.45, 2.75) is 20.2 Å². The number of aryl methyl sites for hydroxylation is 2. The highest BCUT2D eigenvalue weighted by atomic mass is 19.4. The highest BCUT2D eigenvalue weighted by molar-refractivity contribution is 5.47. The Bertz CT molecular complexity index is 440. The molecule has 0 aliphatic heterocycles. The van der Waals surface area contributed by atoms with Crippen LogP contribution in [0.15, 0.2) is 12.1 Å². The molecule has 0 heterocycles. The predicted molar refractivity (Wildman–Crippen MR) is 58.1 cm³/mol. The number of halogens is 3. The van der Waals surface area contributed by atoms with Crippen LogP contribution >= 0.6 is 0 Å². The van der Waals surface area contributed by atoms with Crippen molar-refractivity contribution in [3.63, 3.8) is 0 Å². The third kappa shape index (κ3) is 4.26. The van der Waals surface area contributed by atoms with Crippen LogP contribution in [0.4, 0.5) is 13.2 Å². The molecule has 0 amide bonds. The first kappa shape index (κ1) is 14.3. The Balaban J connectivity index is 2.61. The summed E-state index contributed by atoms with van der Waals surface area (Å²) in [7, 11) is 0. The van der Waals surface area contributed by atoms with Crippen molar-refractivity contribution in [3.8, 4) is 11.8 Å². The summed E-state index contributed by atoms with van der Waals surface area (Å²) in [5.41, 5.74) is 1.90. The molecule has 0 unspecified atom stereocenters. The number of ether oxygens (including phenoxy) is 2. The van der Waals surface area contributed by atoms with Gasteiger partial charge in [0.2, 0.25) is 0 Å². The van der Waals surface area contributed by atoms with Crippen molar-refractivity contribution < 1.29 is 22.6 Å². The molecule has 1 rings (SSSR count). The molecular formula is C12H12F3NO2. The monoisotopic (exact) mass is 259 g/mol. The van der Waals surface area contributed by atoms with Crippen LogP contribution < -0.4 is 4.74 Å². The lowest BCUT2D eigenvalue weighted by Crippen LogP contribution is -2.18. The zero-order valence-corrected chi connectivity index (χ0v) is 9.97. The fraction of sp³-hybridized carbons (Fsp3) is 0.417. The van der Waals surface area contributed by atoms with E-state index in [-0.39, 0.29) is 6.61 Å². The average Bonchev–Trinajstić information content (AvgIpc) is 2.25. The van der Waals surface area contributed by atoms with E-state index >= 15 is 0 Å². The number of nitrogens with zero attached hydrogens (tertiary/aromatic N) is 1. The van der Waals surface area contributed by atoms with Gasteiger partial charge in [-0.15, -0.1) is 13.2 Å². The van der Waals surface area contributed by atoms with Gasteiger partial charge in [-0.1, -0.05) is 0 Å². The minimum absolute atomic E-state index is 0.201. The van der Waals surface area contributed by atoms with Crippen LogP contribution in [0.25, 0.3) is 0 Å². The Kier molecular flexibility index (Phi) is 4.56. The first-order valence-electron chi connectivity index (χ1n) is 5.18. The Morgan fingerprint density at radius 1 is 1.17 bits per heavy atom. The van der Waals surface area contributed by atoms with Crippen LogP contribution in [0.1, 0.15) is 16.7 Å². The molecule has 0 saturated carbocycles. The molecule has 1 aromatic carbocycles. The first-order chi connectivity index (χ1) is 8.33. The molecule has 3 nitrogen and oxygen atoms in total. The van der Waals surface area contributed by atoms with Crippen LogP contribution in [0.3, 0.4) is 0 Å². The zero-order chi connectivity index (χ0) is 13.8. The van der Waals surface area contributed by atoms with Gasteiger partial charge >= 0.3 is 6.36 Å². The van der Waals surface area contributed by atoms with Crippen LogP contribution in [-0.4, -0.2) is 19.6 Å². The second-order valence-electron chi connectivity index (χ2n) is 3.69. The number of rotatable bonds is 4. The zero-order valence-electron chi connectivity index (χ0n) is 9.97. The minimum Gasteiger partial charge on any atom is -0.491 e. The summed E-state index contributed by atoms with van der Waals surface area (Å²) < 4.78 is 44.0. The van der Waals surface area contributed by atoms with Crippen LogP contribution in [0.5, 0.6) is 5.75 Å². The second-order valence-corrected chi connectivity index (χ2v) is 3.69. The lowest BCUT2D eigenvalue weighted by molar-refractivity contribution is -0.325. The quantitative estimate of drug-likeness (QED) is 0.780. The molecule has 18 heavy (non-hydrogen) atoms. The maximum atomic E-state index is 11.7. The summed E-state index contributed by atoms with van der Waals surface area (Å²) in [6.45, 7) is 2.69. The van der Waals surface area contributed by atoms with E-state index in [9.17, 15) is 13.2 Å². The van der Waals surface area contributed by atoms with Gasteiger partial charge in [-0.25, -0.2) is 0 Å². The molecule has 0 bridgehead atoms. The second kappa shape index (κ2) is 5.74. The number of hydrogen-bond donors (Lipinski definition) is 0. The molecule has 0 atom stereocenters. The van der Waals surface area contributed by atoms with Gasteiger partial charge in [0.05, 0.1) is 18.2 Å². The lowest BCUT2D eigenvalue weighted by atomic mass is 10.1. The van der Waals surface area contributed by atoms with E-state index in [4.69, 9.17) is 10.00 Å². The Morgan fingerprint density at radius 2 is 1.72 bits per heavy atom. The van der Waals surface area contributed by atoms with E-state index in [1.807, 2.05) is 6.07 Å². The molecule has 6 heteroatoms. The number of alkyl halides is 3. The molecule has 1 aromatic rings. The summed E-state index contributed by atoms with van der Waals surface area (Å²) in [6.07, 6.45) is -4.64. The molecule has 0 aromatic heterocycles. The van der Waals surface area contributed by atoms with Gasteiger partial charge < -0.3 is 4.74 Å². The van der Waals surface area contributed by atoms with Gasteiger partial charge in [0.1, 0.15) is 12.4 Å². The van der Waals surface area contributed by atoms with Crippen molar-refractivity contribution in [2.24, 2.45) is 0 Å². The van der Waals surface area contributed by atoms with E-state index in [1.54, 1.807) is 26.0 Å². The van der Waals surface area contributed by atoms with Gasteiger partial charge in [0.15, 0.2) is 0 Å². The molecular weight excluding hydrogens is 247 g/mol. The van der Waals surface area contributed by atoms with Crippen LogP contribution in [0, 0.1) is 25.2 Å². The van der Waals surface area contributed by atoms with Gasteiger partial charge in [-0.05, 0) is 37.1 Å². The summed E-state index contributed by atoms with van der Waals surface area (Å²) >= 11 is 0. The van der Waals surface area contributed by atoms with Crippen molar-refractivity contribution in [3.05, 3.63) is 28.8 Å².